The first-order valence-electron chi connectivity index (χ1n) is 15.7. The third-order valence-corrected chi connectivity index (χ3v) is 8.72. The van der Waals surface area contributed by atoms with Gasteiger partial charge < -0.3 is 25.8 Å². The summed E-state index contributed by atoms with van der Waals surface area (Å²) in [4.78, 5) is 25.2. The molecule has 0 spiro atoms. The Kier molecular flexibility index (Phi) is 18.3. The van der Waals surface area contributed by atoms with Crippen LogP contribution in [0.5, 0.6) is 5.75 Å². The minimum atomic E-state index is -0.666. The summed E-state index contributed by atoms with van der Waals surface area (Å²) in [6.07, 6.45) is 1.00. The molecule has 4 unspecified atom stereocenters. The van der Waals surface area contributed by atoms with Crippen LogP contribution < -0.4 is 15.8 Å². The number of ketones is 1. The smallest absolute Gasteiger partial charge is 0.225 e. The summed E-state index contributed by atoms with van der Waals surface area (Å²) in [5.74, 6) is 0.544. The maximum atomic E-state index is 13.6. The number of ether oxygens (including phenoxy) is 1. The molecule has 0 aliphatic carbocycles. The van der Waals surface area contributed by atoms with Gasteiger partial charge in [-0.2, -0.15) is 0 Å². The van der Waals surface area contributed by atoms with Crippen molar-refractivity contribution in [2.45, 2.75) is 84.4 Å². The van der Waals surface area contributed by atoms with Gasteiger partial charge in [0.25, 0.3) is 0 Å². The van der Waals surface area contributed by atoms with E-state index < -0.39 is 23.1 Å². The van der Waals surface area contributed by atoms with Crippen molar-refractivity contribution in [1.29, 1.82) is 0 Å². The number of aliphatic hydroxyl groups excluding tert-OH is 1. The Bertz CT molecular complexity index is 1310. The van der Waals surface area contributed by atoms with Gasteiger partial charge >= 0.3 is 0 Å². The highest BCUT2D eigenvalue weighted by atomic mass is 32.2. The number of nitrogens with zero attached hydrogens (tertiary/aromatic N) is 1. The maximum absolute atomic E-state index is 13.6. The van der Waals surface area contributed by atoms with Crippen molar-refractivity contribution in [1.82, 2.24) is 10.2 Å². The van der Waals surface area contributed by atoms with Gasteiger partial charge in [-0.1, -0.05) is 66.0 Å². The van der Waals surface area contributed by atoms with Crippen molar-refractivity contribution >= 4 is 23.5 Å². The molecule has 1 fully saturated rings. The number of nitrogens with two attached hydrogens (primary N) is 1. The fraction of sp³-hybridized carbons (Fsp3) is 0.500. The summed E-state index contributed by atoms with van der Waals surface area (Å²) in [6.45, 7) is 20.1. The maximum Gasteiger partial charge on any atom is 0.225 e. The van der Waals surface area contributed by atoms with Gasteiger partial charge in [0, 0.05) is 36.5 Å². The number of carbonyl (C=O) groups excluding carboxylic acids is 2. The number of amides is 1. The van der Waals surface area contributed by atoms with Crippen molar-refractivity contribution < 1.29 is 32.6 Å². The van der Waals surface area contributed by atoms with E-state index in [-0.39, 0.29) is 59.8 Å². The van der Waals surface area contributed by atoms with E-state index in [1.807, 2.05) is 26.0 Å². The fourth-order valence-electron chi connectivity index (χ4n) is 4.92. The number of alkyl halides is 1. The zero-order valence-corrected chi connectivity index (χ0v) is 29.5. The van der Waals surface area contributed by atoms with Gasteiger partial charge in [-0.25, -0.2) is 8.78 Å². The van der Waals surface area contributed by atoms with E-state index in [1.54, 1.807) is 0 Å². The molecule has 1 aliphatic rings. The number of benzene rings is 2. The molecule has 2 aromatic rings. The van der Waals surface area contributed by atoms with Crippen molar-refractivity contribution in [3.63, 3.8) is 0 Å². The number of aryl methyl sites for hydroxylation is 1. The van der Waals surface area contributed by atoms with Gasteiger partial charge in [0.2, 0.25) is 5.91 Å². The summed E-state index contributed by atoms with van der Waals surface area (Å²) < 4.78 is 42.1. The zero-order valence-electron chi connectivity index (χ0n) is 28.7. The lowest BCUT2D eigenvalue weighted by Crippen LogP contribution is -2.41. The number of hydrogen-bond donors (Lipinski definition) is 3. The third-order valence-electron chi connectivity index (χ3n) is 7.40. The van der Waals surface area contributed by atoms with Crippen LogP contribution in [0.2, 0.25) is 0 Å². The van der Waals surface area contributed by atoms with Crippen molar-refractivity contribution in [3.05, 3.63) is 89.8 Å². The summed E-state index contributed by atoms with van der Waals surface area (Å²) in [5.41, 5.74) is 8.22. The molecular formula is C36H52F3N3O4S. The highest BCUT2D eigenvalue weighted by molar-refractivity contribution is 8.00. The fourth-order valence-corrected chi connectivity index (χ4v) is 6.09. The molecule has 3 rings (SSSR count). The Balaban J connectivity index is 0.000000447. The molecule has 0 radical (unpaired) electrons. The lowest BCUT2D eigenvalue weighted by molar-refractivity contribution is -0.135. The first-order valence-corrected chi connectivity index (χ1v) is 16.8. The van der Waals surface area contributed by atoms with Crippen molar-refractivity contribution in [2.24, 2.45) is 17.6 Å². The average molecular weight is 680 g/mol. The normalized spacial score (nSPS) is 15.9. The quantitative estimate of drug-likeness (QED) is 0.182. The Morgan fingerprint density at radius 1 is 1.09 bits per heavy atom. The number of halogens is 3. The van der Waals surface area contributed by atoms with Gasteiger partial charge in [0.15, 0.2) is 5.78 Å². The number of hydrogen-bond acceptors (Lipinski definition) is 7. The van der Waals surface area contributed by atoms with Crippen LogP contribution >= 0.6 is 11.8 Å². The molecule has 4 N–H and O–H groups in total. The Labute approximate surface area is 282 Å². The first kappa shape index (κ1) is 41.6. The van der Waals surface area contributed by atoms with Crippen molar-refractivity contribution in [3.8, 4) is 5.75 Å². The van der Waals surface area contributed by atoms with Gasteiger partial charge in [0.05, 0.1) is 13.2 Å². The second-order valence-electron chi connectivity index (χ2n) is 12.0. The first-order chi connectivity index (χ1) is 22.1. The number of rotatable bonds is 14. The van der Waals surface area contributed by atoms with Gasteiger partial charge in [-0.3, -0.25) is 14.0 Å². The Morgan fingerprint density at radius 3 is 2.19 bits per heavy atom. The number of thioether (sulfide) groups is 1. The molecule has 1 aliphatic heterocycles. The summed E-state index contributed by atoms with van der Waals surface area (Å²) in [5, 5.41) is 12.6. The summed E-state index contributed by atoms with van der Waals surface area (Å²) in [7, 11) is 0.500. The second-order valence-corrected chi connectivity index (χ2v) is 13.2. The Morgan fingerprint density at radius 2 is 1.70 bits per heavy atom. The lowest BCUT2D eigenvalue weighted by Gasteiger charge is -2.30. The molecule has 1 heterocycles. The van der Waals surface area contributed by atoms with E-state index in [2.05, 4.69) is 51.4 Å². The number of Topliss-reactive ketones (excluding diaryl/α,β-unsaturated/α-hetero) is 1. The molecule has 262 valence electrons. The topological polar surface area (TPSA) is 105 Å². The molecule has 4 atom stereocenters. The molecule has 47 heavy (non-hydrogen) atoms. The molecule has 0 bridgehead atoms. The molecule has 11 heteroatoms. The molecule has 1 saturated heterocycles. The van der Waals surface area contributed by atoms with Crippen LogP contribution in [0.1, 0.15) is 59.1 Å². The number of nitrogens with one attached hydrogen (secondary N) is 1. The highest BCUT2D eigenvalue weighted by Gasteiger charge is 2.33. The minimum absolute atomic E-state index is 0.0289. The lowest BCUT2D eigenvalue weighted by atomic mass is 9.99. The summed E-state index contributed by atoms with van der Waals surface area (Å²) >= 11 is 1.44. The van der Waals surface area contributed by atoms with Gasteiger partial charge in [-0.15, -0.1) is 11.8 Å². The SMILES string of the molecule is C=C(O)C(NC(=C)C(Oc1ccc(CC)cc1)C(C)C)C(C)C.CC(=O)C1SCCN1C(=O)CC(N)Cc1ccc(F)cc1F.CF. The molecule has 2 aromatic carbocycles. The van der Waals surface area contributed by atoms with Gasteiger partial charge in [0.1, 0.15) is 34.6 Å². The Hall–Kier alpha value is -3.44. The van der Waals surface area contributed by atoms with E-state index >= 15 is 0 Å². The van der Waals surface area contributed by atoms with Crippen LogP contribution in [0.25, 0.3) is 0 Å². The number of carbonyl (C=O) groups is 2. The van der Waals surface area contributed by atoms with E-state index in [9.17, 15) is 27.9 Å². The molecule has 0 saturated carbocycles. The van der Waals surface area contributed by atoms with Crippen LogP contribution in [0.15, 0.2) is 67.1 Å². The van der Waals surface area contributed by atoms with Crippen LogP contribution in [-0.2, 0) is 22.4 Å². The van der Waals surface area contributed by atoms with Crippen LogP contribution in [0.4, 0.5) is 13.2 Å². The zero-order chi connectivity index (χ0) is 35.8. The van der Waals surface area contributed by atoms with E-state index in [0.29, 0.717) is 13.7 Å². The molecular weight excluding hydrogens is 627 g/mol. The van der Waals surface area contributed by atoms with E-state index in [1.165, 1.54) is 35.2 Å². The average Bonchev–Trinajstić information content (AvgIpc) is 3.52. The van der Waals surface area contributed by atoms with Crippen LogP contribution in [0.3, 0.4) is 0 Å². The predicted octanol–water partition coefficient (Wildman–Crippen LogP) is 7.15. The molecule has 1 amide bonds. The largest absolute Gasteiger partial charge is 0.511 e. The molecule has 7 nitrogen and oxygen atoms in total. The monoisotopic (exact) mass is 679 g/mol. The predicted molar refractivity (Wildman–Crippen MR) is 186 cm³/mol. The van der Waals surface area contributed by atoms with Crippen LogP contribution in [-0.4, -0.2) is 64.7 Å². The minimum Gasteiger partial charge on any atom is -0.511 e. The van der Waals surface area contributed by atoms with E-state index in [0.717, 1.165) is 35.8 Å². The highest BCUT2D eigenvalue weighted by Crippen LogP contribution is 2.26. The van der Waals surface area contributed by atoms with Gasteiger partial charge in [-0.05, 0) is 60.9 Å². The standard InChI is InChI=1S/C20H31NO2.C15H18F2N2O2S.CH3F/c1-8-17-9-11-18(12-10-17)23-20(14(4)5)15(6)21-19(13(2)3)16(7)22;1-9(20)15-19(4-5-22-15)14(21)8-12(18)6-10-2-3-11(16)7-13(10)17;1-2/h9-14,19-22H,6-8H2,1-5H3;2-3,7,12,15H,4-6,8,18H2,1H3;1H3. The van der Waals surface area contributed by atoms with Crippen molar-refractivity contribution in [2.75, 3.05) is 19.5 Å². The third kappa shape index (κ3) is 13.7. The summed E-state index contributed by atoms with van der Waals surface area (Å²) in [6, 6.07) is 10.6. The van der Waals surface area contributed by atoms with E-state index in [4.69, 9.17) is 10.5 Å². The molecule has 0 aromatic heterocycles. The number of aliphatic hydroxyl groups is 1. The second kappa shape index (κ2) is 20.7. The van der Waals surface area contributed by atoms with Crippen LogP contribution in [0, 0.1) is 23.5 Å².